The Balaban J connectivity index is 1.53. The van der Waals surface area contributed by atoms with E-state index in [4.69, 9.17) is 23.2 Å². The fraction of sp³-hybridized carbons (Fsp3) is 0.550. The Morgan fingerprint density at radius 3 is 2.48 bits per heavy atom. The van der Waals surface area contributed by atoms with Gasteiger partial charge in [-0.05, 0) is 38.6 Å². The number of aryl methyl sites for hydroxylation is 1. The van der Waals surface area contributed by atoms with Crippen molar-refractivity contribution in [3.63, 3.8) is 0 Å². The van der Waals surface area contributed by atoms with E-state index in [-0.39, 0.29) is 11.7 Å². The number of carbonyl (C=O) groups is 1. The van der Waals surface area contributed by atoms with Gasteiger partial charge in [-0.15, -0.1) is 5.10 Å². The molecule has 1 amide bonds. The second-order valence-electron chi connectivity index (χ2n) is 7.30. The third-order valence-corrected chi connectivity index (χ3v) is 5.74. The number of halogens is 2. The van der Waals surface area contributed by atoms with Gasteiger partial charge in [-0.1, -0.05) is 36.2 Å². The summed E-state index contributed by atoms with van der Waals surface area (Å²) in [4.78, 5) is 21.7. The molecular weight excluding hydrogens is 411 g/mol. The zero-order valence-corrected chi connectivity index (χ0v) is 18.5. The number of benzene rings is 1. The Bertz CT molecular complexity index is 812. The van der Waals surface area contributed by atoms with E-state index in [9.17, 15) is 4.79 Å². The van der Waals surface area contributed by atoms with E-state index in [2.05, 4.69) is 32.2 Å². The number of rotatable bonds is 8. The lowest BCUT2D eigenvalue weighted by Gasteiger charge is -2.32. The number of unbranched alkanes of at least 4 members (excludes halogenated alkanes) is 1. The monoisotopic (exact) mass is 438 g/mol. The van der Waals surface area contributed by atoms with Crippen molar-refractivity contribution < 1.29 is 4.79 Å². The van der Waals surface area contributed by atoms with Crippen LogP contribution in [0.3, 0.4) is 0 Å². The minimum atomic E-state index is -0.277. The number of hydrogen-bond donors (Lipinski definition) is 1. The molecule has 1 saturated heterocycles. The number of nitrogens with one attached hydrogen (secondary N) is 1. The van der Waals surface area contributed by atoms with Crippen molar-refractivity contribution in [3.8, 4) is 5.69 Å². The fourth-order valence-electron chi connectivity index (χ4n) is 3.35. The molecule has 0 atom stereocenters. The highest BCUT2D eigenvalue weighted by molar-refractivity contribution is 6.37. The van der Waals surface area contributed by atoms with Gasteiger partial charge in [0.2, 0.25) is 5.82 Å². The zero-order chi connectivity index (χ0) is 20.8. The topological polar surface area (TPSA) is 66.3 Å². The maximum Gasteiger partial charge on any atom is 0.290 e. The van der Waals surface area contributed by atoms with Crippen LogP contribution in [0.25, 0.3) is 5.69 Å². The van der Waals surface area contributed by atoms with E-state index in [1.165, 1.54) is 0 Å². The van der Waals surface area contributed by atoms with Crippen LogP contribution in [0, 0.1) is 0 Å². The lowest BCUT2D eigenvalue weighted by molar-refractivity contribution is 0.0941. The molecule has 29 heavy (non-hydrogen) atoms. The minimum absolute atomic E-state index is 0.136. The molecule has 158 valence electrons. The second kappa shape index (κ2) is 10.4. The molecule has 0 aliphatic carbocycles. The highest BCUT2D eigenvalue weighted by Crippen LogP contribution is 2.28. The van der Waals surface area contributed by atoms with Crippen molar-refractivity contribution in [1.29, 1.82) is 0 Å². The van der Waals surface area contributed by atoms with Crippen LogP contribution >= 0.6 is 23.2 Å². The normalized spacial score (nSPS) is 15.6. The van der Waals surface area contributed by atoms with Gasteiger partial charge in [-0.25, -0.2) is 9.67 Å². The number of aromatic nitrogens is 3. The molecule has 0 radical (unpaired) electrons. The van der Waals surface area contributed by atoms with E-state index in [1.54, 1.807) is 22.9 Å². The van der Waals surface area contributed by atoms with Gasteiger partial charge in [-0.3, -0.25) is 4.79 Å². The van der Waals surface area contributed by atoms with Gasteiger partial charge in [0, 0.05) is 39.1 Å². The standard InChI is InChI=1S/C20H28Cl2N6O/c1-3-17-24-19(25-28(17)18-15(21)7-6-8-16(18)22)20(29)23-9-4-5-10-27-13-11-26(2)12-14-27/h6-8H,3-5,9-14H2,1-2H3,(H,23,29). The Hall–Kier alpha value is -1.67. The van der Waals surface area contributed by atoms with Crippen LogP contribution in [0.5, 0.6) is 0 Å². The Morgan fingerprint density at radius 2 is 1.83 bits per heavy atom. The molecule has 7 nitrogen and oxygen atoms in total. The molecule has 3 rings (SSSR count). The predicted octanol–water partition coefficient (Wildman–Crippen LogP) is 2.89. The van der Waals surface area contributed by atoms with Crippen LogP contribution in [-0.2, 0) is 6.42 Å². The third kappa shape index (κ3) is 5.69. The number of piperazine rings is 1. The summed E-state index contributed by atoms with van der Waals surface area (Å²) in [6.45, 7) is 8.12. The van der Waals surface area contributed by atoms with Gasteiger partial charge >= 0.3 is 0 Å². The quantitative estimate of drug-likeness (QED) is 0.641. The van der Waals surface area contributed by atoms with Crippen molar-refractivity contribution in [2.75, 3.05) is 46.3 Å². The first-order chi connectivity index (χ1) is 14.0. The smallest absolute Gasteiger partial charge is 0.290 e. The van der Waals surface area contributed by atoms with Crippen molar-refractivity contribution in [2.24, 2.45) is 0 Å². The Morgan fingerprint density at radius 1 is 1.14 bits per heavy atom. The number of para-hydroxylation sites is 1. The van der Waals surface area contributed by atoms with E-state index >= 15 is 0 Å². The molecule has 1 aromatic heterocycles. The van der Waals surface area contributed by atoms with Crippen LogP contribution in [0.15, 0.2) is 18.2 Å². The number of likely N-dealkylation sites (N-methyl/N-ethyl adjacent to an activating group) is 1. The molecule has 1 N–H and O–H groups in total. The molecular formula is C20H28Cl2N6O. The van der Waals surface area contributed by atoms with Crippen LogP contribution < -0.4 is 5.32 Å². The highest BCUT2D eigenvalue weighted by atomic mass is 35.5. The van der Waals surface area contributed by atoms with Gasteiger partial charge in [0.1, 0.15) is 11.5 Å². The molecule has 0 bridgehead atoms. The van der Waals surface area contributed by atoms with E-state index in [0.717, 1.165) is 45.6 Å². The second-order valence-corrected chi connectivity index (χ2v) is 8.11. The highest BCUT2D eigenvalue weighted by Gasteiger charge is 2.19. The number of amides is 1. The van der Waals surface area contributed by atoms with Crippen molar-refractivity contribution >= 4 is 29.1 Å². The molecule has 1 aliphatic rings. The first kappa shape index (κ1) is 22.0. The van der Waals surface area contributed by atoms with Gasteiger partial charge in [-0.2, -0.15) is 0 Å². The third-order valence-electron chi connectivity index (χ3n) is 5.13. The fourth-order valence-corrected chi connectivity index (χ4v) is 3.91. The lowest BCUT2D eigenvalue weighted by atomic mass is 10.2. The van der Waals surface area contributed by atoms with E-state index in [1.807, 2.05) is 6.92 Å². The molecule has 0 spiro atoms. The maximum atomic E-state index is 12.5. The summed E-state index contributed by atoms with van der Waals surface area (Å²) in [6, 6.07) is 5.25. The molecule has 9 heteroatoms. The minimum Gasteiger partial charge on any atom is -0.349 e. The molecule has 2 aromatic rings. The average Bonchev–Trinajstić information content (AvgIpc) is 3.13. The molecule has 2 heterocycles. The Kier molecular flexibility index (Phi) is 7.89. The first-order valence-electron chi connectivity index (χ1n) is 10.1. The first-order valence-corrected chi connectivity index (χ1v) is 10.8. The number of carbonyl (C=O) groups excluding carboxylic acids is 1. The van der Waals surface area contributed by atoms with Gasteiger partial charge in [0.05, 0.1) is 10.0 Å². The summed E-state index contributed by atoms with van der Waals surface area (Å²) >= 11 is 12.6. The zero-order valence-electron chi connectivity index (χ0n) is 17.0. The van der Waals surface area contributed by atoms with E-state index in [0.29, 0.717) is 34.5 Å². The predicted molar refractivity (Wildman–Crippen MR) is 116 cm³/mol. The van der Waals surface area contributed by atoms with E-state index < -0.39 is 0 Å². The van der Waals surface area contributed by atoms with Crippen molar-refractivity contribution in [2.45, 2.75) is 26.2 Å². The lowest BCUT2D eigenvalue weighted by Crippen LogP contribution is -2.44. The summed E-state index contributed by atoms with van der Waals surface area (Å²) < 4.78 is 1.56. The average molecular weight is 439 g/mol. The van der Waals surface area contributed by atoms with Gasteiger partial charge in [0.15, 0.2) is 0 Å². The van der Waals surface area contributed by atoms with Crippen LogP contribution in [0.4, 0.5) is 0 Å². The number of nitrogens with zero attached hydrogens (tertiary/aromatic N) is 5. The summed E-state index contributed by atoms with van der Waals surface area (Å²) in [5.41, 5.74) is 0.548. The number of hydrogen-bond acceptors (Lipinski definition) is 5. The SMILES string of the molecule is CCc1nc(C(=O)NCCCCN2CCN(C)CC2)nn1-c1c(Cl)cccc1Cl. The Labute approximate surface area is 182 Å². The summed E-state index contributed by atoms with van der Waals surface area (Å²) in [7, 11) is 2.16. The largest absolute Gasteiger partial charge is 0.349 e. The van der Waals surface area contributed by atoms with Crippen molar-refractivity contribution in [1.82, 2.24) is 29.9 Å². The summed E-state index contributed by atoms with van der Waals surface area (Å²) in [5.74, 6) is 0.498. The van der Waals surface area contributed by atoms with Crippen molar-refractivity contribution in [3.05, 3.63) is 39.9 Å². The van der Waals surface area contributed by atoms with Crippen LogP contribution in [-0.4, -0.2) is 76.8 Å². The van der Waals surface area contributed by atoms with Crippen LogP contribution in [0.2, 0.25) is 10.0 Å². The summed E-state index contributed by atoms with van der Waals surface area (Å²) in [5, 5.41) is 8.21. The molecule has 1 fully saturated rings. The molecule has 0 saturated carbocycles. The molecule has 1 aromatic carbocycles. The van der Waals surface area contributed by atoms with Crippen LogP contribution in [0.1, 0.15) is 36.2 Å². The van der Waals surface area contributed by atoms with Gasteiger partial charge in [0.25, 0.3) is 5.91 Å². The maximum absolute atomic E-state index is 12.5. The summed E-state index contributed by atoms with van der Waals surface area (Å²) in [6.07, 6.45) is 2.59. The molecule has 1 aliphatic heterocycles. The molecule has 0 unspecified atom stereocenters. The van der Waals surface area contributed by atoms with Gasteiger partial charge < -0.3 is 15.1 Å².